The molecule has 2 rings (SSSR count). The fourth-order valence-electron chi connectivity index (χ4n) is 1.08. The van der Waals surface area contributed by atoms with E-state index in [1.54, 1.807) is 18.2 Å². The summed E-state index contributed by atoms with van der Waals surface area (Å²) in [4.78, 5) is 22.3. The average Bonchev–Trinajstić information content (AvgIpc) is 2.61. The van der Waals surface area contributed by atoms with E-state index in [4.69, 9.17) is 4.42 Å². The van der Waals surface area contributed by atoms with Crippen LogP contribution < -0.4 is 5.32 Å². The molecule has 0 unspecified atom stereocenters. The molecule has 1 aliphatic heterocycles. The number of furan rings is 1. The van der Waals surface area contributed by atoms with Crippen LogP contribution in [0.5, 0.6) is 0 Å². The van der Waals surface area contributed by atoms with E-state index in [2.05, 4.69) is 5.32 Å². The molecule has 0 spiro atoms. The number of thioether (sulfide) groups is 1. The molecule has 1 saturated heterocycles. The number of carbonyl (C=O) groups excluding carboxylic acids is 2. The third-order valence-electron chi connectivity index (χ3n) is 1.68. The third kappa shape index (κ3) is 1.72. The summed E-state index contributed by atoms with van der Waals surface area (Å²) in [5, 5.41) is 1.83. The van der Waals surface area contributed by atoms with Crippen LogP contribution >= 0.6 is 11.8 Å². The SMILES string of the molecule is Cc1ccc(C=C2SC(=O)NC2=O)o1. The zero-order valence-corrected chi connectivity index (χ0v) is 8.18. The molecule has 0 aliphatic carbocycles. The van der Waals surface area contributed by atoms with Gasteiger partial charge in [0.1, 0.15) is 11.5 Å². The van der Waals surface area contributed by atoms with E-state index in [-0.39, 0.29) is 11.1 Å². The van der Waals surface area contributed by atoms with Gasteiger partial charge in [0.05, 0.1) is 4.91 Å². The first-order valence-corrected chi connectivity index (χ1v) is 4.78. The maximum Gasteiger partial charge on any atom is 0.290 e. The van der Waals surface area contributed by atoms with Gasteiger partial charge in [-0.15, -0.1) is 0 Å². The standard InChI is InChI=1S/C9H7NO3S/c1-5-2-3-6(13-5)4-7-8(11)10-9(12)14-7/h2-4H,1H3,(H,10,11,12). The third-order valence-corrected chi connectivity index (χ3v) is 2.49. The van der Waals surface area contributed by atoms with Crippen molar-refractivity contribution >= 4 is 29.0 Å². The van der Waals surface area contributed by atoms with Gasteiger partial charge in [0, 0.05) is 6.08 Å². The molecule has 0 aromatic carbocycles. The normalized spacial score (nSPS) is 19.1. The summed E-state index contributed by atoms with van der Waals surface area (Å²) in [5.41, 5.74) is 0. The number of imide groups is 1. The second-order valence-electron chi connectivity index (χ2n) is 2.80. The summed E-state index contributed by atoms with van der Waals surface area (Å²) in [5.74, 6) is 0.982. The Kier molecular flexibility index (Phi) is 2.17. The van der Waals surface area contributed by atoms with Crippen molar-refractivity contribution in [1.82, 2.24) is 5.32 Å². The van der Waals surface area contributed by atoms with Crippen LogP contribution in [0.4, 0.5) is 4.79 Å². The minimum absolute atomic E-state index is 0.343. The van der Waals surface area contributed by atoms with Gasteiger partial charge in [-0.3, -0.25) is 14.9 Å². The minimum atomic E-state index is -0.367. The van der Waals surface area contributed by atoms with Crippen molar-refractivity contribution < 1.29 is 14.0 Å². The Morgan fingerprint density at radius 2 is 2.21 bits per heavy atom. The molecular formula is C9H7NO3S. The molecule has 72 valence electrons. The molecule has 1 aromatic heterocycles. The lowest BCUT2D eigenvalue weighted by atomic mass is 10.4. The van der Waals surface area contributed by atoms with E-state index in [1.165, 1.54) is 0 Å². The van der Waals surface area contributed by atoms with Gasteiger partial charge in [0.2, 0.25) is 0 Å². The number of carbonyl (C=O) groups is 2. The molecule has 14 heavy (non-hydrogen) atoms. The highest BCUT2D eigenvalue weighted by Gasteiger charge is 2.25. The largest absolute Gasteiger partial charge is 0.462 e. The molecule has 2 amide bonds. The highest BCUT2D eigenvalue weighted by Crippen LogP contribution is 2.25. The lowest BCUT2D eigenvalue weighted by Gasteiger charge is -1.88. The zero-order chi connectivity index (χ0) is 10.1. The molecule has 0 saturated carbocycles. The molecule has 1 aliphatic rings. The van der Waals surface area contributed by atoms with Gasteiger partial charge in [0.25, 0.3) is 11.1 Å². The first-order chi connectivity index (χ1) is 6.65. The smallest absolute Gasteiger partial charge is 0.290 e. The first kappa shape index (κ1) is 9.08. The number of hydrogen-bond donors (Lipinski definition) is 1. The topological polar surface area (TPSA) is 59.3 Å². The molecule has 0 radical (unpaired) electrons. The van der Waals surface area contributed by atoms with Crippen LogP contribution in [0.25, 0.3) is 6.08 Å². The highest BCUT2D eigenvalue weighted by atomic mass is 32.2. The van der Waals surface area contributed by atoms with Gasteiger partial charge in [-0.2, -0.15) is 0 Å². The van der Waals surface area contributed by atoms with Crippen molar-refractivity contribution in [2.75, 3.05) is 0 Å². The summed E-state index contributed by atoms with van der Waals surface area (Å²) in [6.07, 6.45) is 1.55. The summed E-state index contributed by atoms with van der Waals surface area (Å²) in [7, 11) is 0. The second kappa shape index (κ2) is 3.34. The Bertz CT molecular complexity index is 433. The monoisotopic (exact) mass is 209 g/mol. The lowest BCUT2D eigenvalue weighted by Crippen LogP contribution is -2.17. The van der Waals surface area contributed by atoms with Crippen LogP contribution in [0.3, 0.4) is 0 Å². The Morgan fingerprint density at radius 1 is 1.43 bits per heavy atom. The molecule has 0 atom stereocenters. The van der Waals surface area contributed by atoms with Crippen molar-refractivity contribution in [3.05, 3.63) is 28.6 Å². The van der Waals surface area contributed by atoms with E-state index < -0.39 is 0 Å². The Balaban J connectivity index is 2.27. The van der Waals surface area contributed by atoms with E-state index >= 15 is 0 Å². The van der Waals surface area contributed by atoms with Gasteiger partial charge < -0.3 is 4.42 Å². The van der Waals surface area contributed by atoms with Crippen molar-refractivity contribution in [1.29, 1.82) is 0 Å². The molecule has 1 aromatic rings. The van der Waals surface area contributed by atoms with Crippen LogP contribution in [0.1, 0.15) is 11.5 Å². The summed E-state index contributed by atoms with van der Waals surface area (Å²) < 4.78 is 5.25. The van der Waals surface area contributed by atoms with Gasteiger partial charge in [-0.1, -0.05) is 0 Å². The van der Waals surface area contributed by atoms with Crippen molar-refractivity contribution in [3.63, 3.8) is 0 Å². The summed E-state index contributed by atoms with van der Waals surface area (Å²) >= 11 is 0.879. The molecule has 0 bridgehead atoms. The van der Waals surface area contributed by atoms with Crippen molar-refractivity contribution in [3.8, 4) is 0 Å². The van der Waals surface area contributed by atoms with Gasteiger partial charge >= 0.3 is 0 Å². The molecule has 5 heteroatoms. The van der Waals surface area contributed by atoms with E-state index in [0.29, 0.717) is 10.7 Å². The molecule has 2 heterocycles. The highest BCUT2D eigenvalue weighted by molar-refractivity contribution is 8.18. The van der Waals surface area contributed by atoms with Crippen molar-refractivity contribution in [2.45, 2.75) is 6.92 Å². The van der Waals surface area contributed by atoms with Crippen LogP contribution in [-0.4, -0.2) is 11.1 Å². The number of rotatable bonds is 1. The zero-order valence-electron chi connectivity index (χ0n) is 7.37. The quantitative estimate of drug-likeness (QED) is 0.718. The Hall–Kier alpha value is -1.49. The van der Waals surface area contributed by atoms with Crippen LogP contribution in [-0.2, 0) is 4.79 Å². The van der Waals surface area contributed by atoms with Crippen molar-refractivity contribution in [2.24, 2.45) is 0 Å². The number of aryl methyl sites for hydroxylation is 1. The predicted octanol–water partition coefficient (Wildman–Crippen LogP) is 1.91. The Labute approximate surface area is 84.4 Å². The maximum atomic E-state index is 11.1. The first-order valence-electron chi connectivity index (χ1n) is 3.96. The summed E-state index contributed by atoms with van der Waals surface area (Å²) in [6.45, 7) is 1.81. The Morgan fingerprint density at radius 3 is 2.71 bits per heavy atom. The number of amides is 2. The number of nitrogens with one attached hydrogen (secondary N) is 1. The van der Waals surface area contributed by atoms with Crippen LogP contribution in [0, 0.1) is 6.92 Å². The van der Waals surface area contributed by atoms with Crippen LogP contribution in [0.2, 0.25) is 0 Å². The van der Waals surface area contributed by atoms with E-state index in [9.17, 15) is 9.59 Å². The van der Waals surface area contributed by atoms with Gasteiger partial charge in [0.15, 0.2) is 0 Å². The van der Waals surface area contributed by atoms with E-state index in [0.717, 1.165) is 17.5 Å². The summed E-state index contributed by atoms with van der Waals surface area (Å²) in [6, 6.07) is 3.55. The second-order valence-corrected chi connectivity index (χ2v) is 3.82. The van der Waals surface area contributed by atoms with E-state index in [1.807, 2.05) is 6.92 Å². The van der Waals surface area contributed by atoms with Gasteiger partial charge in [-0.25, -0.2) is 0 Å². The molecule has 1 fully saturated rings. The predicted molar refractivity (Wildman–Crippen MR) is 52.6 cm³/mol. The molecular weight excluding hydrogens is 202 g/mol. The maximum absolute atomic E-state index is 11.1. The lowest BCUT2D eigenvalue weighted by molar-refractivity contribution is -0.115. The fourth-order valence-corrected chi connectivity index (χ4v) is 1.74. The minimum Gasteiger partial charge on any atom is -0.462 e. The molecule has 4 nitrogen and oxygen atoms in total. The average molecular weight is 209 g/mol. The fraction of sp³-hybridized carbons (Fsp3) is 0.111. The molecule has 1 N–H and O–H groups in total. The number of hydrogen-bond acceptors (Lipinski definition) is 4. The van der Waals surface area contributed by atoms with Gasteiger partial charge in [-0.05, 0) is 30.8 Å². The van der Waals surface area contributed by atoms with Crippen LogP contribution in [0.15, 0.2) is 21.5 Å².